The molecule has 6 heteroatoms. The molecule has 1 aromatic carbocycles. The minimum atomic E-state index is -3.48. The van der Waals surface area contributed by atoms with Crippen LogP contribution in [0.5, 0.6) is 0 Å². The summed E-state index contributed by atoms with van der Waals surface area (Å²) in [6, 6.07) is 9.03. The summed E-state index contributed by atoms with van der Waals surface area (Å²) in [4.78, 5) is 1.67. The Bertz CT molecular complexity index is 755. The van der Waals surface area contributed by atoms with E-state index in [1.54, 1.807) is 33.8 Å². The van der Waals surface area contributed by atoms with Gasteiger partial charge in [-0.15, -0.1) is 11.3 Å². The Morgan fingerprint density at radius 2 is 2.10 bits per heavy atom. The number of hydrogen-bond acceptors (Lipinski definition) is 3. The molecule has 0 radical (unpaired) electrons. The zero-order valence-electron chi connectivity index (χ0n) is 11.6. The van der Waals surface area contributed by atoms with Gasteiger partial charge < -0.3 is 0 Å². The highest BCUT2D eigenvalue weighted by Crippen LogP contribution is 2.39. The zero-order valence-corrected chi connectivity index (χ0v) is 14.8. The van der Waals surface area contributed by atoms with Gasteiger partial charge in [0.05, 0.1) is 10.9 Å². The Labute approximate surface area is 137 Å². The number of thiophene rings is 1. The van der Waals surface area contributed by atoms with Crippen LogP contribution < -0.4 is 0 Å². The fourth-order valence-corrected chi connectivity index (χ4v) is 6.44. The minimum Gasteiger partial charge on any atom is -0.207 e. The molecule has 0 fully saturated rings. The highest BCUT2D eigenvalue weighted by Gasteiger charge is 2.36. The van der Waals surface area contributed by atoms with Gasteiger partial charge >= 0.3 is 0 Å². The standard InChI is InChI=1S/C15H16BrNO2S2/c1-2-13-11-8-10-20-14(11)7-9-17(13)21(18,19)15-6-4-3-5-12(15)16/h3-6,8,10,13H,2,7,9H2,1H3. The van der Waals surface area contributed by atoms with E-state index in [1.807, 2.05) is 13.0 Å². The minimum absolute atomic E-state index is 0.0582. The lowest BCUT2D eigenvalue weighted by Crippen LogP contribution is -2.39. The third kappa shape index (κ3) is 2.59. The second-order valence-electron chi connectivity index (χ2n) is 5.02. The van der Waals surface area contributed by atoms with Crippen molar-refractivity contribution < 1.29 is 8.42 Å². The predicted molar refractivity (Wildman–Crippen MR) is 89.1 cm³/mol. The maximum Gasteiger partial charge on any atom is 0.244 e. The molecule has 2 aromatic rings. The third-order valence-corrected chi connectivity index (χ3v) is 7.77. The third-order valence-electron chi connectivity index (χ3n) is 3.86. The molecule has 1 aliphatic heterocycles. The van der Waals surface area contributed by atoms with Crippen LogP contribution in [0.1, 0.15) is 29.8 Å². The van der Waals surface area contributed by atoms with Crippen LogP contribution in [-0.4, -0.2) is 19.3 Å². The van der Waals surface area contributed by atoms with Crippen molar-refractivity contribution in [2.75, 3.05) is 6.54 Å². The average molecular weight is 386 g/mol. The summed E-state index contributed by atoms with van der Waals surface area (Å²) in [5.74, 6) is 0. The molecule has 1 unspecified atom stereocenters. The molecule has 1 atom stereocenters. The van der Waals surface area contributed by atoms with Gasteiger partial charge in [0.15, 0.2) is 0 Å². The van der Waals surface area contributed by atoms with Crippen molar-refractivity contribution in [2.45, 2.75) is 30.7 Å². The lowest BCUT2D eigenvalue weighted by atomic mass is 10.0. The number of benzene rings is 1. The van der Waals surface area contributed by atoms with E-state index < -0.39 is 10.0 Å². The lowest BCUT2D eigenvalue weighted by Gasteiger charge is -2.34. The summed E-state index contributed by atoms with van der Waals surface area (Å²) in [6.07, 6.45) is 1.58. The molecule has 0 N–H and O–H groups in total. The fourth-order valence-electron chi connectivity index (χ4n) is 2.86. The first-order valence-electron chi connectivity index (χ1n) is 6.88. The monoisotopic (exact) mass is 385 g/mol. The average Bonchev–Trinajstić information content (AvgIpc) is 2.94. The molecule has 0 aliphatic carbocycles. The van der Waals surface area contributed by atoms with E-state index in [0.717, 1.165) is 12.8 Å². The van der Waals surface area contributed by atoms with Crippen LogP contribution in [0.3, 0.4) is 0 Å². The highest BCUT2D eigenvalue weighted by atomic mass is 79.9. The van der Waals surface area contributed by atoms with E-state index >= 15 is 0 Å². The van der Waals surface area contributed by atoms with Gasteiger partial charge in [-0.1, -0.05) is 19.1 Å². The van der Waals surface area contributed by atoms with Gasteiger partial charge in [-0.05, 0) is 57.9 Å². The maximum absolute atomic E-state index is 13.0. The van der Waals surface area contributed by atoms with E-state index in [-0.39, 0.29) is 6.04 Å². The number of fused-ring (bicyclic) bond motifs is 1. The molecule has 0 saturated heterocycles. The first kappa shape index (κ1) is 15.2. The first-order chi connectivity index (χ1) is 10.1. The van der Waals surface area contributed by atoms with Crippen molar-refractivity contribution in [3.63, 3.8) is 0 Å². The van der Waals surface area contributed by atoms with Crippen LogP contribution >= 0.6 is 27.3 Å². The normalized spacial score (nSPS) is 19.4. The molecule has 3 nitrogen and oxygen atoms in total. The van der Waals surface area contributed by atoms with Crippen molar-refractivity contribution in [1.82, 2.24) is 4.31 Å². The van der Waals surface area contributed by atoms with Crippen LogP contribution in [0.15, 0.2) is 45.1 Å². The molecule has 1 aromatic heterocycles. The molecule has 21 heavy (non-hydrogen) atoms. The van der Waals surface area contributed by atoms with Gasteiger partial charge in [-0.2, -0.15) is 4.31 Å². The van der Waals surface area contributed by atoms with Crippen LogP contribution in [0, 0.1) is 0 Å². The predicted octanol–water partition coefficient (Wildman–Crippen LogP) is 4.21. The van der Waals surface area contributed by atoms with Gasteiger partial charge in [0.25, 0.3) is 0 Å². The van der Waals surface area contributed by atoms with E-state index in [2.05, 4.69) is 27.4 Å². The lowest BCUT2D eigenvalue weighted by molar-refractivity contribution is 0.303. The number of nitrogens with zero attached hydrogens (tertiary/aromatic N) is 1. The summed E-state index contributed by atoms with van der Waals surface area (Å²) in [5.41, 5.74) is 1.17. The van der Waals surface area contributed by atoms with E-state index in [4.69, 9.17) is 0 Å². The molecule has 3 rings (SSSR count). The van der Waals surface area contributed by atoms with Gasteiger partial charge in [-0.25, -0.2) is 8.42 Å². The highest BCUT2D eigenvalue weighted by molar-refractivity contribution is 9.10. The van der Waals surface area contributed by atoms with Crippen molar-refractivity contribution >= 4 is 37.3 Å². The summed E-state index contributed by atoms with van der Waals surface area (Å²) in [6.45, 7) is 2.59. The summed E-state index contributed by atoms with van der Waals surface area (Å²) in [5, 5.41) is 2.06. The Kier molecular flexibility index (Phi) is 4.23. The number of halogens is 1. The smallest absolute Gasteiger partial charge is 0.207 e. The molecule has 0 amide bonds. The topological polar surface area (TPSA) is 37.4 Å². The van der Waals surface area contributed by atoms with Crippen molar-refractivity contribution in [3.8, 4) is 0 Å². The molecular weight excluding hydrogens is 370 g/mol. The van der Waals surface area contributed by atoms with Gasteiger partial charge in [0.1, 0.15) is 0 Å². The summed E-state index contributed by atoms with van der Waals surface area (Å²) >= 11 is 5.09. The largest absolute Gasteiger partial charge is 0.244 e. The molecular formula is C15H16BrNO2S2. The summed E-state index contributed by atoms with van der Waals surface area (Å²) in [7, 11) is -3.48. The molecule has 0 spiro atoms. The second kappa shape index (κ2) is 5.83. The van der Waals surface area contributed by atoms with Crippen molar-refractivity contribution in [2.24, 2.45) is 0 Å². The summed E-state index contributed by atoms with van der Waals surface area (Å²) < 4.78 is 28.3. The molecule has 1 aliphatic rings. The maximum atomic E-state index is 13.0. The molecule has 2 heterocycles. The fraction of sp³-hybridized carbons (Fsp3) is 0.333. The molecule has 112 valence electrons. The molecule has 0 saturated carbocycles. The molecule has 0 bridgehead atoms. The second-order valence-corrected chi connectivity index (χ2v) is 8.73. The number of rotatable bonds is 3. The zero-order chi connectivity index (χ0) is 15.0. The van der Waals surface area contributed by atoms with E-state index in [1.165, 1.54) is 10.4 Å². The Balaban J connectivity index is 2.06. The quantitative estimate of drug-likeness (QED) is 0.793. The van der Waals surface area contributed by atoms with Crippen LogP contribution in [0.2, 0.25) is 0 Å². The van der Waals surface area contributed by atoms with E-state index in [9.17, 15) is 8.42 Å². The SMILES string of the molecule is CCC1c2ccsc2CCN1S(=O)(=O)c1ccccc1Br. The van der Waals surface area contributed by atoms with Crippen LogP contribution in [0.25, 0.3) is 0 Å². The van der Waals surface area contributed by atoms with Crippen LogP contribution in [0.4, 0.5) is 0 Å². The van der Waals surface area contributed by atoms with Crippen LogP contribution in [-0.2, 0) is 16.4 Å². The Morgan fingerprint density at radius 1 is 1.33 bits per heavy atom. The number of hydrogen-bond donors (Lipinski definition) is 0. The number of sulfonamides is 1. The van der Waals surface area contributed by atoms with Crippen molar-refractivity contribution in [3.05, 3.63) is 50.6 Å². The Hall–Kier alpha value is -0.690. The van der Waals surface area contributed by atoms with Crippen molar-refractivity contribution in [1.29, 1.82) is 0 Å². The first-order valence-corrected chi connectivity index (χ1v) is 9.99. The Morgan fingerprint density at radius 3 is 2.81 bits per heavy atom. The van der Waals surface area contributed by atoms with E-state index in [0.29, 0.717) is 15.9 Å². The van der Waals surface area contributed by atoms with Gasteiger partial charge in [0, 0.05) is 15.9 Å². The van der Waals surface area contributed by atoms with Gasteiger partial charge in [0.2, 0.25) is 10.0 Å². The van der Waals surface area contributed by atoms with Gasteiger partial charge in [-0.3, -0.25) is 0 Å².